The van der Waals surface area contributed by atoms with Gasteiger partial charge in [-0.15, -0.1) is 0 Å². The van der Waals surface area contributed by atoms with Crippen molar-refractivity contribution in [3.8, 4) is 0 Å². The van der Waals surface area contributed by atoms with Gasteiger partial charge in [0.05, 0.1) is 5.41 Å². The van der Waals surface area contributed by atoms with E-state index in [4.69, 9.17) is 0 Å². The Morgan fingerprint density at radius 3 is 1.89 bits per heavy atom. The van der Waals surface area contributed by atoms with Crippen molar-refractivity contribution in [2.45, 2.75) is 86.0 Å². The molecule has 0 saturated carbocycles. The zero-order valence-electron chi connectivity index (χ0n) is 13.7. The molecular formula is C17H34O2. The molecule has 0 aliphatic rings. The predicted octanol–water partition coefficient (Wildman–Crippen LogP) is 5.51. The molecule has 2 heteroatoms. The maximum absolute atomic E-state index is 11.7. The van der Waals surface area contributed by atoms with Crippen LogP contribution in [-0.2, 0) is 4.79 Å². The first-order valence-electron chi connectivity index (χ1n) is 8.15. The molecule has 19 heavy (non-hydrogen) atoms. The van der Waals surface area contributed by atoms with E-state index in [9.17, 15) is 9.90 Å². The molecule has 0 spiro atoms. The summed E-state index contributed by atoms with van der Waals surface area (Å²) in [4.78, 5) is 11.7. The van der Waals surface area contributed by atoms with Crippen molar-refractivity contribution in [3.63, 3.8) is 0 Å². The number of aliphatic carboxylic acids is 1. The number of rotatable bonds is 11. The standard InChI is InChI=1S/C17H34O2/c1-6-9-14(4)12-15(5)13-17(10-7-2,11-8-3)16(18)19/h14-15H,6-13H2,1-5H3,(H,18,19). The monoisotopic (exact) mass is 270 g/mol. The van der Waals surface area contributed by atoms with E-state index in [0.29, 0.717) is 5.92 Å². The van der Waals surface area contributed by atoms with E-state index in [1.54, 1.807) is 0 Å². The summed E-state index contributed by atoms with van der Waals surface area (Å²) in [5.74, 6) is 0.650. The zero-order valence-corrected chi connectivity index (χ0v) is 13.7. The SMILES string of the molecule is CCCC(C)CC(C)CC(CCC)(CCC)C(=O)O. The fourth-order valence-electron chi connectivity index (χ4n) is 3.64. The van der Waals surface area contributed by atoms with Gasteiger partial charge in [0, 0.05) is 0 Å². The summed E-state index contributed by atoms with van der Waals surface area (Å²) in [6, 6.07) is 0. The average Bonchev–Trinajstić information content (AvgIpc) is 2.29. The van der Waals surface area contributed by atoms with Crippen LogP contribution in [0.5, 0.6) is 0 Å². The molecule has 0 aromatic heterocycles. The van der Waals surface area contributed by atoms with Crippen molar-refractivity contribution in [3.05, 3.63) is 0 Å². The molecule has 0 aliphatic heterocycles. The Bertz CT molecular complexity index is 242. The number of carboxylic acid groups (broad SMARTS) is 1. The van der Waals surface area contributed by atoms with Gasteiger partial charge in [0.2, 0.25) is 0 Å². The maximum atomic E-state index is 11.7. The number of hydrogen-bond acceptors (Lipinski definition) is 1. The molecule has 0 aliphatic carbocycles. The summed E-state index contributed by atoms with van der Waals surface area (Å²) in [5.41, 5.74) is -0.477. The summed E-state index contributed by atoms with van der Waals surface area (Å²) in [6.07, 6.45) is 8.06. The Hall–Kier alpha value is -0.530. The highest BCUT2D eigenvalue weighted by atomic mass is 16.4. The van der Waals surface area contributed by atoms with Crippen LogP contribution in [-0.4, -0.2) is 11.1 Å². The Morgan fingerprint density at radius 1 is 1.00 bits per heavy atom. The Balaban J connectivity index is 4.65. The van der Waals surface area contributed by atoms with E-state index in [-0.39, 0.29) is 0 Å². The van der Waals surface area contributed by atoms with Crippen LogP contribution in [0.15, 0.2) is 0 Å². The first-order valence-corrected chi connectivity index (χ1v) is 8.15. The van der Waals surface area contributed by atoms with Gasteiger partial charge in [0.25, 0.3) is 0 Å². The van der Waals surface area contributed by atoms with Gasteiger partial charge in [-0.3, -0.25) is 4.79 Å². The second-order valence-electron chi connectivity index (χ2n) is 6.52. The van der Waals surface area contributed by atoms with Crippen molar-refractivity contribution in [1.82, 2.24) is 0 Å². The summed E-state index contributed by atoms with van der Waals surface area (Å²) in [7, 11) is 0. The van der Waals surface area contributed by atoms with E-state index in [0.717, 1.165) is 44.4 Å². The number of hydrogen-bond donors (Lipinski definition) is 1. The molecule has 2 nitrogen and oxygen atoms in total. The van der Waals surface area contributed by atoms with E-state index < -0.39 is 11.4 Å². The molecule has 2 unspecified atom stereocenters. The zero-order chi connectivity index (χ0) is 14.9. The van der Waals surface area contributed by atoms with Crippen LogP contribution < -0.4 is 0 Å². The van der Waals surface area contributed by atoms with Crippen LogP contribution in [0.25, 0.3) is 0 Å². The van der Waals surface area contributed by atoms with E-state index >= 15 is 0 Å². The van der Waals surface area contributed by atoms with Crippen LogP contribution in [0.1, 0.15) is 86.0 Å². The molecule has 0 fully saturated rings. The molecule has 0 rings (SSSR count). The average molecular weight is 270 g/mol. The highest BCUT2D eigenvalue weighted by Gasteiger charge is 2.37. The van der Waals surface area contributed by atoms with Gasteiger partial charge < -0.3 is 5.11 Å². The van der Waals surface area contributed by atoms with Gasteiger partial charge >= 0.3 is 5.97 Å². The van der Waals surface area contributed by atoms with Crippen molar-refractivity contribution >= 4 is 5.97 Å². The molecule has 0 radical (unpaired) electrons. The molecule has 114 valence electrons. The van der Waals surface area contributed by atoms with Gasteiger partial charge in [-0.2, -0.15) is 0 Å². The Labute approximate surface area is 120 Å². The lowest BCUT2D eigenvalue weighted by Crippen LogP contribution is -2.33. The van der Waals surface area contributed by atoms with E-state index in [1.807, 2.05) is 0 Å². The van der Waals surface area contributed by atoms with Gasteiger partial charge in [0.15, 0.2) is 0 Å². The first-order chi connectivity index (χ1) is 8.91. The topological polar surface area (TPSA) is 37.3 Å². The summed E-state index contributed by atoms with van der Waals surface area (Å²) >= 11 is 0. The van der Waals surface area contributed by atoms with Gasteiger partial charge in [0.1, 0.15) is 0 Å². The van der Waals surface area contributed by atoms with Crippen molar-refractivity contribution in [2.24, 2.45) is 17.3 Å². The third kappa shape index (κ3) is 6.44. The predicted molar refractivity (Wildman–Crippen MR) is 82.4 cm³/mol. The van der Waals surface area contributed by atoms with Crippen LogP contribution in [0, 0.1) is 17.3 Å². The second kappa shape index (κ2) is 9.39. The quantitative estimate of drug-likeness (QED) is 0.537. The van der Waals surface area contributed by atoms with E-state index in [2.05, 4.69) is 34.6 Å². The number of carboxylic acids is 1. The second-order valence-corrected chi connectivity index (χ2v) is 6.52. The minimum Gasteiger partial charge on any atom is -0.481 e. The molecule has 2 atom stereocenters. The molecule has 0 heterocycles. The molecule has 0 bridgehead atoms. The summed E-state index contributed by atoms with van der Waals surface area (Å²) in [5, 5.41) is 9.67. The lowest BCUT2D eigenvalue weighted by atomic mass is 9.71. The minimum atomic E-state index is -0.578. The van der Waals surface area contributed by atoms with Gasteiger partial charge in [-0.05, 0) is 37.5 Å². The Kier molecular flexibility index (Phi) is 9.12. The molecule has 0 aromatic rings. The molecule has 0 aromatic carbocycles. The van der Waals surface area contributed by atoms with Gasteiger partial charge in [-0.1, -0.05) is 60.3 Å². The minimum absolute atomic E-state index is 0.477. The van der Waals surface area contributed by atoms with Crippen molar-refractivity contribution in [1.29, 1.82) is 0 Å². The highest BCUT2D eigenvalue weighted by molar-refractivity contribution is 5.74. The molecular weight excluding hydrogens is 236 g/mol. The van der Waals surface area contributed by atoms with Crippen LogP contribution in [0.4, 0.5) is 0 Å². The highest BCUT2D eigenvalue weighted by Crippen LogP contribution is 2.39. The molecule has 0 saturated heterocycles. The summed E-state index contributed by atoms with van der Waals surface area (Å²) in [6.45, 7) is 10.9. The third-order valence-electron chi connectivity index (χ3n) is 4.24. The summed E-state index contributed by atoms with van der Waals surface area (Å²) < 4.78 is 0. The van der Waals surface area contributed by atoms with Gasteiger partial charge in [-0.25, -0.2) is 0 Å². The fraction of sp³-hybridized carbons (Fsp3) is 0.941. The van der Waals surface area contributed by atoms with Crippen LogP contribution >= 0.6 is 0 Å². The maximum Gasteiger partial charge on any atom is 0.309 e. The fourth-order valence-corrected chi connectivity index (χ4v) is 3.64. The smallest absolute Gasteiger partial charge is 0.309 e. The number of carbonyl (C=O) groups is 1. The first kappa shape index (κ1) is 18.5. The van der Waals surface area contributed by atoms with Crippen molar-refractivity contribution in [2.75, 3.05) is 0 Å². The molecule has 1 N–H and O–H groups in total. The third-order valence-corrected chi connectivity index (χ3v) is 4.24. The lowest BCUT2D eigenvalue weighted by Gasteiger charge is -2.32. The van der Waals surface area contributed by atoms with Crippen molar-refractivity contribution < 1.29 is 9.90 Å². The normalized spacial score (nSPS) is 15.2. The lowest BCUT2D eigenvalue weighted by molar-refractivity contribution is -0.151. The largest absolute Gasteiger partial charge is 0.481 e. The van der Waals surface area contributed by atoms with Crippen LogP contribution in [0.3, 0.4) is 0 Å². The van der Waals surface area contributed by atoms with E-state index in [1.165, 1.54) is 12.8 Å². The van der Waals surface area contributed by atoms with Crippen LogP contribution in [0.2, 0.25) is 0 Å². The molecule has 0 amide bonds. The Morgan fingerprint density at radius 2 is 1.53 bits per heavy atom.